The minimum atomic E-state index is -0.854. The number of amides is 1. The quantitative estimate of drug-likeness (QED) is 0.715. The average Bonchev–Trinajstić information content (AvgIpc) is 2.39. The van der Waals surface area contributed by atoms with Crippen LogP contribution in [0.15, 0.2) is 0 Å². The molecule has 0 aromatic carbocycles. The molecule has 2 atom stereocenters. The summed E-state index contributed by atoms with van der Waals surface area (Å²) in [5, 5.41) is 12.0. The number of hydrogen-bond acceptors (Lipinski definition) is 5. The predicted molar refractivity (Wildman–Crippen MR) is 67.7 cm³/mol. The van der Waals surface area contributed by atoms with E-state index in [4.69, 9.17) is 9.84 Å². The van der Waals surface area contributed by atoms with Crippen molar-refractivity contribution in [2.75, 3.05) is 37.8 Å². The molecule has 0 aliphatic carbocycles. The molecule has 0 saturated carbocycles. The molecule has 0 aromatic heterocycles. The molecule has 0 radical (unpaired) electrons. The first-order valence-corrected chi connectivity index (χ1v) is 7.25. The monoisotopic (exact) mass is 274 g/mol. The van der Waals surface area contributed by atoms with Crippen LogP contribution in [0.2, 0.25) is 0 Å². The second-order valence-corrected chi connectivity index (χ2v) is 5.59. The first-order chi connectivity index (χ1) is 8.68. The third-order valence-electron chi connectivity index (χ3n) is 3.14. The maximum absolute atomic E-state index is 12.3. The molecule has 2 fully saturated rings. The normalized spacial score (nSPS) is 29.0. The largest absolute Gasteiger partial charge is 0.481 e. The van der Waals surface area contributed by atoms with Crippen LogP contribution in [0.5, 0.6) is 0 Å². The van der Waals surface area contributed by atoms with Crippen molar-refractivity contribution in [2.24, 2.45) is 0 Å². The van der Waals surface area contributed by atoms with Crippen LogP contribution in [0.1, 0.15) is 6.42 Å². The Labute approximate surface area is 110 Å². The van der Waals surface area contributed by atoms with Crippen LogP contribution in [-0.2, 0) is 14.3 Å². The summed E-state index contributed by atoms with van der Waals surface area (Å²) >= 11 is 1.70. The molecule has 2 N–H and O–H groups in total. The number of carbonyl (C=O) groups is 2. The van der Waals surface area contributed by atoms with Crippen molar-refractivity contribution in [3.05, 3.63) is 0 Å². The first kappa shape index (κ1) is 13.6. The SMILES string of the molecule is O=C(O)CC1CSCCN1C(=O)C1COCCN1. The van der Waals surface area contributed by atoms with Crippen molar-refractivity contribution in [2.45, 2.75) is 18.5 Å². The van der Waals surface area contributed by atoms with Crippen molar-refractivity contribution in [3.63, 3.8) is 0 Å². The Balaban J connectivity index is 1.98. The predicted octanol–water partition coefficient (Wildman–Crippen LogP) is -0.606. The summed E-state index contributed by atoms with van der Waals surface area (Å²) in [6.45, 7) is 2.29. The van der Waals surface area contributed by atoms with Gasteiger partial charge in [-0.15, -0.1) is 0 Å². The number of carboxylic acids is 1. The van der Waals surface area contributed by atoms with Crippen molar-refractivity contribution in [1.29, 1.82) is 0 Å². The van der Waals surface area contributed by atoms with Gasteiger partial charge in [-0.1, -0.05) is 0 Å². The number of rotatable bonds is 3. The van der Waals surface area contributed by atoms with Gasteiger partial charge in [-0.05, 0) is 0 Å². The van der Waals surface area contributed by atoms with E-state index in [0.717, 1.165) is 5.75 Å². The second kappa shape index (κ2) is 6.40. The van der Waals surface area contributed by atoms with Crippen LogP contribution in [0.25, 0.3) is 0 Å². The summed E-state index contributed by atoms with van der Waals surface area (Å²) in [5.74, 6) is 0.690. The highest BCUT2D eigenvalue weighted by Gasteiger charge is 2.33. The smallest absolute Gasteiger partial charge is 0.305 e. The maximum atomic E-state index is 12.3. The first-order valence-electron chi connectivity index (χ1n) is 6.09. The van der Waals surface area contributed by atoms with Gasteiger partial charge in [0.05, 0.1) is 25.7 Å². The molecule has 7 heteroatoms. The Kier molecular flexibility index (Phi) is 4.85. The fourth-order valence-electron chi connectivity index (χ4n) is 2.24. The van der Waals surface area contributed by atoms with Gasteiger partial charge in [0, 0.05) is 24.6 Å². The van der Waals surface area contributed by atoms with Gasteiger partial charge in [-0.3, -0.25) is 9.59 Å². The molecule has 6 nitrogen and oxygen atoms in total. The fraction of sp³-hybridized carbons (Fsp3) is 0.818. The Morgan fingerprint density at radius 1 is 1.50 bits per heavy atom. The molecule has 0 spiro atoms. The minimum Gasteiger partial charge on any atom is -0.481 e. The number of nitrogens with zero attached hydrogens (tertiary/aromatic N) is 1. The Morgan fingerprint density at radius 2 is 2.33 bits per heavy atom. The molecule has 1 amide bonds. The van der Waals surface area contributed by atoms with Crippen LogP contribution in [0, 0.1) is 0 Å². The summed E-state index contributed by atoms with van der Waals surface area (Å²) in [4.78, 5) is 24.9. The summed E-state index contributed by atoms with van der Waals surface area (Å²) in [7, 11) is 0. The van der Waals surface area contributed by atoms with Gasteiger partial charge in [0.2, 0.25) is 5.91 Å². The number of carboxylic acid groups (broad SMARTS) is 1. The number of morpholine rings is 1. The standard InChI is InChI=1S/C11H18N2O4S/c14-10(15)5-8-7-18-4-2-13(8)11(16)9-6-17-3-1-12-9/h8-9,12H,1-7H2,(H,14,15). The lowest BCUT2D eigenvalue weighted by molar-refractivity contribution is -0.142. The molecule has 0 bridgehead atoms. The molecule has 2 saturated heterocycles. The van der Waals surface area contributed by atoms with Gasteiger partial charge in [-0.25, -0.2) is 0 Å². The lowest BCUT2D eigenvalue weighted by atomic mass is 10.1. The summed E-state index contributed by atoms with van der Waals surface area (Å²) in [6.07, 6.45) is 0.0202. The van der Waals surface area contributed by atoms with Crippen molar-refractivity contribution < 1.29 is 19.4 Å². The molecular weight excluding hydrogens is 256 g/mol. The summed E-state index contributed by atoms with van der Waals surface area (Å²) in [6, 6.07) is -0.518. The number of carbonyl (C=O) groups excluding carboxylic acids is 1. The zero-order valence-corrected chi connectivity index (χ0v) is 10.9. The molecule has 0 aromatic rings. The lowest BCUT2D eigenvalue weighted by Gasteiger charge is -2.37. The van der Waals surface area contributed by atoms with E-state index in [0.29, 0.717) is 32.1 Å². The molecule has 2 heterocycles. The lowest BCUT2D eigenvalue weighted by Crippen LogP contribution is -2.57. The minimum absolute atomic E-state index is 0.0202. The van der Waals surface area contributed by atoms with Crippen molar-refractivity contribution in [3.8, 4) is 0 Å². The highest BCUT2D eigenvalue weighted by Crippen LogP contribution is 2.20. The van der Waals surface area contributed by atoms with Gasteiger partial charge in [0.1, 0.15) is 6.04 Å². The van der Waals surface area contributed by atoms with E-state index < -0.39 is 5.97 Å². The molecule has 2 rings (SSSR count). The number of hydrogen-bond donors (Lipinski definition) is 2. The van der Waals surface area contributed by atoms with E-state index in [1.807, 2.05) is 0 Å². The van der Waals surface area contributed by atoms with E-state index >= 15 is 0 Å². The molecule has 102 valence electrons. The van der Waals surface area contributed by atoms with Gasteiger partial charge in [0.25, 0.3) is 0 Å². The number of ether oxygens (including phenoxy) is 1. The van der Waals surface area contributed by atoms with E-state index in [1.165, 1.54) is 0 Å². The van der Waals surface area contributed by atoms with Crippen LogP contribution >= 0.6 is 11.8 Å². The van der Waals surface area contributed by atoms with Crippen LogP contribution < -0.4 is 5.32 Å². The number of aliphatic carboxylic acids is 1. The van der Waals surface area contributed by atoms with Crippen LogP contribution in [-0.4, -0.2) is 71.8 Å². The van der Waals surface area contributed by atoms with Crippen molar-refractivity contribution >= 4 is 23.6 Å². The highest BCUT2D eigenvalue weighted by atomic mass is 32.2. The fourth-order valence-corrected chi connectivity index (χ4v) is 3.30. The summed E-state index contributed by atoms with van der Waals surface area (Å²) in [5.41, 5.74) is 0. The maximum Gasteiger partial charge on any atom is 0.305 e. The number of thioether (sulfide) groups is 1. The highest BCUT2D eigenvalue weighted by molar-refractivity contribution is 7.99. The Bertz CT molecular complexity index is 320. The second-order valence-electron chi connectivity index (χ2n) is 4.44. The zero-order valence-electron chi connectivity index (χ0n) is 10.1. The van der Waals surface area contributed by atoms with E-state index in [2.05, 4.69) is 5.32 Å². The van der Waals surface area contributed by atoms with Crippen LogP contribution in [0.3, 0.4) is 0 Å². The number of nitrogens with one attached hydrogen (secondary N) is 1. The molecule has 18 heavy (non-hydrogen) atoms. The van der Waals surface area contributed by atoms with Gasteiger partial charge in [-0.2, -0.15) is 11.8 Å². The molecular formula is C11H18N2O4S. The average molecular weight is 274 g/mol. The van der Waals surface area contributed by atoms with Gasteiger partial charge in [0.15, 0.2) is 0 Å². The van der Waals surface area contributed by atoms with E-state index in [1.54, 1.807) is 16.7 Å². The van der Waals surface area contributed by atoms with E-state index in [9.17, 15) is 9.59 Å². The molecule has 2 aliphatic rings. The zero-order chi connectivity index (χ0) is 13.0. The Hall–Kier alpha value is -0.790. The topological polar surface area (TPSA) is 78.9 Å². The Morgan fingerprint density at radius 3 is 3.00 bits per heavy atom. The van der Waals surface area contributed by atoms with Crippen molar-refractivity contribution in [1.82, 2.24) is 10.2 Å². The van der Waals surface area contributed by atoms with Gasteiger partial charge >= 0.3 is 5.97 Å². The molecule has 2 unspecified atom stereocenters. The molecule has 2 aliphatic heterocycles. The third kappa shape index (κ3) is 3.37. The third-order valence-corrected chi connectivity index (χ3v) is 4.23. The van der Waals surface area contributed by atoms with Gasteiger partial charge < -0.3 is 20.1 Å². The summed E-state index contributed by atoms with van der Waals surface area (Å²) < 4.78 is 5.28. The van der Waals surface area contributed by atoms with E-state index in [-0.39, 0.29) is 24.4 Å². The van der Waals surface area contributed by atoms with Crippen LogP contribution in [0.4, 0.5) is 0 Å².